The molecule has 0 N–H and O–H groups in total. The molecule has 0 spiro atoms. The van der Waals surface area contributed by atoms with Crippen LogP contribution in [-0.4, -0.2) is 9.13 Å². The van der Waals surface area contributed by atoms with Crippen molar-refractivity contribution in [3.8, 4) is 67.0 Å². The predicted molar refractivity (Wildman–Crippen MR) is 339 cm³/mol. The van der Waals surface area contributed by atoms with Gasteiger partial charge in [0.15, 0.2) is 0 Å². The second-order valence-corrected chi connectivity index (χ2v) is 23.6. The molecule has 13 aromatic carbocycles. The zero-order valence-corrected chi connectivity index (χ0v) is 45.1. The van der Waals surface area contributed by atoms with E-state index < -0.39 is 0 Å². The Kier molecular flexibility index (Phi) is 9.28. The van der Waals surface area contributed by atoms with Crippen LogP contribution in [-0.2, 0) is 10.8 Å². The Hall–Kier alpha value is -9.76. The Morgan fingerprint density at radius 3 is 1.10 bits per heavy atom. The molecule has 0 saturated carbocycles. The Morgan fingerprint density at radius 1 is 0.212 bits per heavy atom. The van der Waals surface area contributed by atoms with Crippen molar-refractivity contribution in [2.24, 2.45) is 0 Å². The molecular formula is C78H54N2. The summed E-state index contributed by atoms with van der Waals surface area (Å²) < 4.78 is 5.08. The average molecular weight is 1020 g/mol. The SMILES string of the molecule is CC1(C)c2ccccc2-c2cc3c4cc(-c5ccc6c(c5)c5cc7c(cc5n6-c5ccc6c8ccccc8c8ccccc8c6c5)C(C)(C)c5ccccc5-7)ccc4n(-c4cc(-c5ccccc5)cc(-c5ccccc5)c4)c3cc21. The van der Waals surface area contributed by atoms with Crippen LogP contribution in [0.4, 0.5) is 0 Å². The van der Waals surface area contributed by atoms with E-state index in [-0.39, 0.29) is 10.8 Å². The fraction of sp³-hybridized carbons (Fsp3) is 0.0769. The molecule has 2 nitrogen and oxygen atoms in total. The quantitative estimate of drug-likeness (QED) is 0.152. The summed E-state index contributed by atoms with van der Waals surface area (Å²) in [4.78, 5) is 0. The summed E-state index contributed by atoms with van der Waals surface area (Å²) in [6, 6.07) is 96.3. The summed E-state index contributed by atoms with van der Waals surface area (Å²) in [5.41, 5.74) is 24.8. The van der Waals surface area contributed by atoms with E-state index in [1.165, 1.54) is 154 Å². The Morgan fingerprint density at radius 2 is 0.613 bits per heavy atom. The lowest BCUT2D eigenvalue weighted by Crippen LogP contribution is -2.15. The minimum Gasteiger partial charge on any atom is -0.309 e. The van der Waals surface area contributed by atoms with Crippen LogP contribution in [0.5, 0.6) is 0 Å². The van der Waals surface area contributed by atoms with Gasteiger partial charge in [0.2, 0.25) is 0 Å². The lowest BCUT2D eigenvalue weighted by atomic mass is 9.82. The van der Waals surface area contributed by atoms with E-state index in [9.17, 15) is 0 Å². The largest absolute Gasteiger partial charge is 0.309 e. The first kappa shape index (κ1) is 45.3. The molecule has 0 saturated heterocycles. The van der Waals surface area contributed by atoms with Crippen molar-refractivity contribution in [1.82, 2.24) is 9.13 Å². The molecule has 0 radical (unpaired) electrons. The third kappa shape index (κ3) is 6.30. The molecule has 2 aromatic heterocycles. The lowest BCUT2D eigenvalue weighted by Gasteiger charge is -2.22. The summed E-state index contributed by atoms with van der Waals surface area (Å²) in [5, 5.41) is 12.7. The highest BCUT2D eigenvalue weighted by atomic mass is 15.0. The molecule has 2 heterocycles. The number of hydrogen-bond acceptors (Lipinski definition) is 0. The van der Waals surface area contributed by atoms with Gasteiger partial charge in [0.25, 0.3) is 0 Å². The molecule has 0 amide bonds. The third-order valence-electron chi connectivity index (χ3n) is 18.6. The second kappa shape index (κ2) is 16.4. The maximum atomic E-state index is 2.54. The van der Waals surface area contributed by atoms with Crippen molar-refractivity contribution in [2.45, 2.75) is 38.5 Å². The van der Waals surface area contributed by atoms with E-state index >= 15 is 0 Å². The zero-order valence-electron chi connectivity index (χ0n) is 45.1. The molecule has 0 unspecified atom stereocenters. The van der Waals surface area contributed by atoms with E-state index in [0.29, 0.717) is 0 Å². The molecule has 2 aliphatic carbocycles. The minimum atomic E-state index is -0.158. The molecule has 15 aromatic rings. The number of aromatic nitrogens is 2. The van der Waals surface area contributed by atoms with Gasteiger partial charge in [-0.25, -0.2) is 0 Å². The monoisotopic (exact) mass is 1020 g/mol. The Balaban J connectivity index is 0.915. The summed E-state index contributed by atoms with van der Waals surface area (Å²) >= 11 is 0. The number of hydrogen-bond donors (Lipinski definition) is 0. The number of benzene rings is 13. The van der Waals surface area contributed by atoms with E-state index in [1.54, 1.807) is 0 Å². The highest BCUT2D eigenvalue weighted by Gasteiger charge is 2.38. The van der Waals surface area contributed by atoms with Gasteiger partial charge in [0.05, 0.1) is 22.1 Å². The van der Waals surface area contributed by atoms with Gasteiger partial charge in [-0.3, -0.25) is 0 Å². The van der Waals surface area contributed by atoms with Gasteiger partial charge >= 0.3 is 0 Å². The second-order valence-electron chi connectivity index (χ2n) is 23.6. The van der Waals surface area contributed by atoms with Crippen LogP contribution in [0.15, 0.2) is 255 Å². The molecule has 376 valence electrons. The van der Waals surface area contributed by atoms with Gasteiger partial charge < -0.3 is 9.13 Å². The maximum absolute atomic E-state index is 2.54. The van der Waals surface area contributed by atoms with E-state index in [2.05, 4.69) is 292 Å². The van der Waals surface area contributed by atoms with Crippen molar-refractivity contribution >= 4 is 75.9 Å². The molecule has 17 rings (SSSR count). The van der Waals surface area contributed by atoms with Gasteiger partial charge in [0, 0.05) is 43.7 Å². The van der Waals surface area contributed by atoms with Crippen molar-refractivity contribution in [3.05, 3.63) is 277 Å². The van der Waals surface area contributed by atoms with Gasteiger partial charge in [-0.05, 0) is 189 Å². The van der Waals surface area contributed by atoms with Crippen LogP contribution >= 0.6 is 0 Å². The molecular weight excluding hydrogens is 965 g/mol. The summed E-state index contributed by atoms with van der Waals surface area (Å²) in [7, 11) is 0. The number of fused-ring (bicyclic) bond motifs is 18. The first-order valence-electron chi connectivity index (χ1n) is 28.2. The smallest absolute Gasteiger partial charge is 0.0544 e. The minimum absolute atomic E-state index is 0.149. The standard InChI is InChI=1S/C78H54N2/c1-77(2)69-29-17-15-27-60(69)63-43-67-65-40-49(31-35-73(65)79(75(67)45-71(63)77)53-33-34-59-57-25-12-11-23-55(57)56-24-13-14-26-58(56)62(59)42-53)50-32-36-74-66(41-50)68-44-64-61-28-16-18-30-70(61)78(3,4)72(64)46-76(68)80(74)54-38-51(47-19-7-5-8-20-47)37-52(39-54)48-21-9-6-10-22-48/h5-46H,1-4H3. The fourth-order valence-corrected chi connectivity index (χ4v) is 14.7. The molecule has 0 bridgehead atoms. The molecule has 0 atom stereocenters. The topological polar surface area (TPSA) is 9.86 Å². The fourth-order valence-electron chi connectivity index (χ4n) is 14.7. The van der Waals surface area contributed by atoms with Crippen LogP contribution in [0.25, 0.3) is 143 Å². The normalized spacial score (nSPS) is 13.9. The Labute approximate surface area is 465 Å². The van der Waals surface area contributed by atoms with Crippen LogP contribution in [0, 0.1) is 0 Å². The summed E-state index contributed by atoms with van der Waals surface area (Å²) in [5.74, 6) is 0. The molecule has 2 aliphatic rings. The van der Waals surface area contributed by atoms with Crippen molar-refractivity contribution in [2.75, 3.05) is 0 Å². The molecule has 80 heavy (non-hydrogen) atoms. The molecule has 0 aliphatic heterocycles. The van der Waals surface area contributed by atoms with Crippen LogP contribution < -0.4 is 0 Å². The van der Waals surface area contributed by atoms with Crippen molar-refractivity contribution in [3.63, 3.8) is 0 Å². The average Bonchev–Trinajstić information content (AvgIpc) is 4.25. The summed E-state index contributed by atoms with van der Waals surface area (Å²) in [6.07, 6.45) is 0. The first-order chi connectivity index (χ1) is 39.2. The number of rotatable bonds is 5. The predicted octanol–water partition coefficient (Wildman–Crippen LogP) is 21.0. The van der Waals surface area contributed by atoms with Gasteiger partial charge in [-0.15, -0.1) is 0 Å². The van der Waals surface area contributed by atoms with Gasteiger partial charge in [0.1, 0.15) is 0 Å². The Bertz CT molecular complexity index is 5070. The zero-order chi connectivity index (χ0) is 53.2. The van der Waals surface area contributed by atoms with Gasteiger partial charge in [-0.1, -0.05) is 204 Å². The number of nitrogens with zero attached hydrogens (tertiary/aromatic N) is 2. The van der Waals surface area contributed by atoms with Crippen LogP contribution in [0.2, 0.25) is 0 Å². The van der Waals surface area contributed by atoms with Crippen molar-refractivity contribution in [1.29, 1.82) is 0 Å². The van der Waals surface area contributed by atoms with E-state index in [1.807, 2.05) is 0 Å². The molecule has 0 fully saturated rings. The maximum Gasteiger partial charge on any atom is 0.0544 e. The van der Waals surface area contributed by atoms with Crippen LogP contribution in [0.1, 0.15) is 49.9 Å². The highest BCUT2D eigenvalue weighted by Crippen LogP contribution is 2.54. The lowest BCUT2D eigenvalue weighted by molar-refractivity contribution is 0.661. The van der Waals surface area contributed by atoms with Crippen LogP contribution in [0.3, 0.4) is 0 Å². The van der Waals surface area contributed by atoms with Crippen molar-refractivity contribution < 1.29 is 0 Å². The van der Waals surface area contributed by atoms with E-state index in [4.69, 9.17) is 0 Å². The van der Waals surface area contributed by atoms with E-state index in [0.717, 1.165) is 11.4 Å². The first-order valence-corrected chi connectivity index (χ1v) is 28.2. The van der Waals surface area contributed by atoms with Gasteiger partial charge in [-0.2, -0.15) is 0 Å². The third-order valence-corrected chi connectivity index (χ3v) is 18.6. The molecule has 2 heteroatoms. The summed E-state index contributed by atoms with van der Waals surface area (Å²) in [6.45, 7) is 9.57. The highest BCUT2D eigenvalue weighted by molar-refractivity contribution is 6.26.